The summed E-state index contributed by atoms with van der Waals surface area (Å²) in [6.07, 6.45) is 0. The van der Waals surface area contributed by atoms with Gasteiger partial charge in [0.2, 0.25) is 0 Å². The van der Waals surface area contributed by atoms with Gasteiger partial charge in [0.25, 0.3) is 0 Å². The van der Waals surface area contributed by atoms with Crippen molar-refractivity contribution in [2.24, 2.45) is 0 Å². The molecule has 2 rings (SSSR count). The van der Waals surface area contributed by atoms with Crippen LogP contribution in [0.4, 0.5) is 0 Å². The highest BCUT2D eigenvalue weighted by Crippen LogP contribution is 2.28. The quantitative estimate of drug-likeness (QED) is 0.773. The van der Waals surface area contributed by atoms with Gasteiger partial charge in [0.15, 0.2) is 10.6 Å². The summed E-state index contributed by atoms with van der Waals surface area (Å²) in [4.78, 5) is 4.30. The predicted octanol–water partition coefficient (Wildman–Crippen LogP) is 3.72. The smallest absolute Gasteiger partial charge is 0.197 e. The minimum absolute atomic E-state index is 0.674. The second-order valence-corrected chi connectivity index (χ2v) is 3.94. The summed E-state index contributed by atoms with van der Waals surface area (Å²) in [6.45, 7) is 3.90. The highest BCUT2D eigenvalue weighted by molar-refractivity contribution is 9.10. The number of aryl methyl sites for hydroxylation is 2. The molecule has 0 unspecified atom stereocenters. The lowest BCUT2D eigenvalue weighted by molar-refractivity contribution is 0.500. The minimum atomic E-state index is 0.674. The maximum Gasteiger partial charge on any atom is 0.197 e. The van der Waals surface area contributed by atoms with Crippen molar-refractivity contribution in [3.8, 4) is 11.3 Å². The molecule has 2 nitrogen and oxygen atoms in total. The molecule has 1 aromatic heterocycles. The van der Waals surface area contributed by atoms with Crippen molar-refractivity contribution in [1.29, 1.82) is 0 Å². The molecule has 3 heteroatoms. The fourth-order valence-corrected chi connectivity index (χ4v) is 1.84. The number of hydrogen-bond acceptors (Lipinski definition) is 2. The lowest BCUT2D eigenvalue weighted by Gasteiger charge is -1.96. The molecule has 0 radical (unpaired) electrons. The van der Waals surface area contributed by atoms with E-state index in [2.05, 4.69) is 40.0 Å². The Hall–Kier alpha value is -1.09. The summed E-state index contributed by atoms with van der Waals surface area (Å²) in [6, 6.07) is 8.20. The zero-order valence-corrected chi connectivity index (χ0v) is 9.63. The van der Waals surface area contributed by atoms with Crippen LogP contribution in [0.3, 0.4) is 0 Å². The van der Waals surface area contributed by atoms with Gasteiger partial charge in [-0.2, -0.15) is 0 Å². The molecule has 14 heavy (non-hydrogen) atoms. The monoisotopic (exact) mass is 251 g/mol. The molecular formula is C11H10BrNO. The Morgan fingerprint density at radius 3 is 2.29 bits per heavy atom. The van der Waals surface area contributed by atoms with Gasteiger partial charge in [0, 0.05) is 12.5 Å². The molecule has 2 aromatic rings. The molecular weight excluding hydrogens is 242 g/mol. The van der Waals surface area contributed by atoms with Crippen LogP contribution in [-0.2, 0) is 0 Å². The van der Waals surface area contributed by atoms with Crippen LogP contribution in [0.15, 0.2) is 33.4 Å². The normalized spacial score (nSPS) is 10.5. The van der Waals surface area contributed by atoms with E-state index >= 15 is 0 Å². The second-order valence-electron chi connectivity index (χ2n) is 3.22. The zero-order valence-electron chi connectivity index (χ0n) is 8.04. The first-order chi connectivity index (χ1) is 6.66. The molecule has 1 aromatic carbocycles. The highest BCUT2D eigenvalue weighted by Gasteiger charge is 2.09. The van der Waals surface area contributed by atoms with E-state index in [9.17, 15) is 0 Å². The largest absolute Gasteiger partial charge is 0.434 e. The molecule has 0 aliphatic heterocycles. The van der Waals surface area contributed by atoms with E-state index in [1.165, 1.54) is 5.56 Å². The molecule has 0 aliphatic carbocycles. The van der Waals surface area contributed by atoms with Crippen LogP contribution in [0.25, 0.3) is 11.3 Å². The van der Waals surface area contributed by atoms with E-state index in [0.717, 1.165) is 11.3 Å². The van der Waals surface area contributed by atoms with Crippen LogP contribution in [-0.4, -0.2) is 4.98 Å². The maximum absolute atomic E-state index is 5.30. The summed E-state index contributed by atoms with van der Waals surface area (Å²) >= 11 is 3.34. The van der Waals surface area contributed by atoms with Crippen LogP contribution in [0.1, 0.15) is 11.5 Å². The number of halogens is 1. The van der Waals surface area contributed by atoms with Gasteiger partial charge < -0.3 is 4.42 Å². The third-order valence-corrected chi connectivity index (χ3v) is 2.56. The molecule has 0 spiro atoms. The van der Waals surface area contributed by atoms with Crippen LogP contribution in [0.5, 0.6) is 0 Å². The number of benzene rings is 1. The van der Waals surface area contributed by atoms with E-state index in [-0.39, 0.29) is 0 Å². The summed E-state index contributed by atoms with van der Waals surface area (Å²) in [5.41, 5.74) is 3.17. The van der Waals surface area contributed by atoms with Crippen LogP contribution in [0, 0.1) is 13.8 Å². The van der Waals surface area contributed by atoms with Crippen molar-refractivity contribution in [3.05, 3.63) is 40.4 Å². The number of oxazole rings is 1. The van der Waals surface area contributed by atoms with Crippen molar-refractivity contribution in [1.82, 2.24) is 4.98 Å². The second kappa shape index (κ2) is 3.58. The molecule has 0 bridgehead atoms. The van der Waals surface area contributed by atoms with E-state index in [0.29, 0.717) is 10.6 Å². The summed E-state index contributed by atoms with van der Waals surface area (Å²) in [7, 11) is 0. The van der Waals surface area contributed by atoms with Crippen molar-refractivity contribution in [2.75, 3.05) is 0 Å². The van der Waals surface area contributed by atoms with Gasteiger partial charge in [-0.3, -0.25) is 0 Å². The Morgan fingerprint density at radius 1 is 1.14 bits per heavy atom. The van der Waals surface area contributed by atoms with Crippen LogP contribution >= 0.6 is 15.9 Å². The average molecular weight is 252 g/mol. The minimum Gasteiger partial charge on any atom is -0.434 e. The number of rotatable bonds is 1. The van der Waals surface area contributed by atoms with Crippen molar-refractivity contribution in [3.63, 3.8) is 0 Å². The first-order valence-corrected chi connectivity index (χ1v) is 5.16. The Labute approximate surface area is 91.1 Å². The topological polar surface area (TPSA) is 26.0 Å². The van der Waals surface area contributed by atoms with Crippen LogP contribution < -0.4 is 0 Å². The number of hydrogen-bond donors (Lipinski definition) is 0. The van der Waals surface area contributed by atoms with E-state index < -0.39 is 0 Å². The van der Waals surface area contributed by atoms with E-state index in [1.54, 1.807) is 0 Å². The van der Waals surface area contributed by atoms with Gasteiger partial charge in [-0.05, 0) is 22.9 Å². The molecule has 0 amide bonds. The van der Waals surface area contributed by atoms with Gasteiger partial charge in [0.1, 0.15) is 5.69 Å². The van der Waals surface area contributed by atoms with Gasteiger partial charge in [-0.25, -0.2) is 4.98 Å². The van der Waals surface area contributed by atoms with Gasteiger partial charge in [0.05, 0.1) is 0 Å². The molecule has 0 saturated heterocycles. The summed E-state index contributed by atoms with van der Waals surface area (Å²) in [5.74, 6) is 0.674. The van der Waals surface area contributed by atoms with Crippen LogP contribution in [0.2, 0.25) is 0 Å². The fraction of sp³-hybridized carbons (Fsp3) is 0.182. The molecule has 1 heterocycles. The van der Waals surface area contributed by atoms with Crippen molar-refractivity contribution < 1.29 is 4.42 Å². The predicted molar refractivity (Wildman–Crippen MR) is 59.1 cm³/mol. The average Bonchev–Trinajstić information content (AvgIpc) is 2.47. The van der Waals surface area contributed by atoms with Gasteiger partial charge in [-0.1, -0.05) is 29.8 Å². The molecule has 0 fully saturated rings. The van der Waals surface area contributed by atoms with Gasteiger partial charge in [-0.15, -0.1) is 0 Å². The van der Waals surface area contributed by atoms with Crippen molar-refractivity contribution >= 4 is 15.9 Å². The lowest BCUT2D eigenvalue weighted by atomic mass is 10.1. The standard InChI is InChI=1S/C11H10BrNO/c1-7-3-5-9(6-4-7)10-11(12)14-8(2)13-10/h3-6H,1-2H3. The molecule has 0 aliphatic rings. The lowest BCUT2D eigenvalue weighted by Crippen LogP contribution is -1.79. The Morgan fingerprint density at radius 2 is 1.79 bits per heavy atom. The third kappa shape index (κ3) is 1.73. The summed E-state index contributed by atoms with van der Waals surface area (Å²) < 4.78 is 6.00. The molecule has 0 atom stereocenters. The Balaban J connectivity index is 2.49. The Kier molecular flexibility index (Phi) is 2.42. The zero-order chi connectivity index (χ0) is 10.1. The summed E-state index contributed by atoms with van der Waals surface area (Å²) in [5, 5.41) is 0. The highest BCUT2D eigenvalue weighted by atomic mass is 79.9. The first-order valence-electron chi connectivity index (χ1n) is 4.37. The van der Waals surface area contributed by atoms with Crippen molar-refractivity contribution in [2.45, 2.75) is 13.8 Å². The number of aromatic nitrogens is 1. The molecule has 72 valence electrons. The fourth-order valence-electron chi connectivity index (χ4n) is 1.29. The van der Waals surface area contributed by atoms with E-state index in [1.807, 2.05) is 19.1 Å². The maximum atomic E-state index is 5.30. The SMILES string of the molecule is Cc1ccc(-c2nc(C)oc2Br)cc1. The molecule has 0 saturated carbocycles. The van der Waals surface area contributed by atoms with Gasteiger partial charge >= 0.3 is 0 Å². The number of nitrogens with zero attached hydrogens (tertiary/aromatic N) is 1. The van der Waals surface area contributed by atoms with E-state index in [4.69, 9.17) is 4.42 Å². The molecule has 0 N–H and O–H groups in total. The Bertz CT molecular complexity index is 445. The third-order valence-electron chi connectivity index (χ3n) is 2.02. The first kappa shape index (κ1) is 9.46.